The largest absolute Gasteiger partial charge is 0.378 e. The van der Waals surface area contributed by atoms with Gasteiger partial charge in [-0.25, -0.2) is 0 Å². The van der Waals surface area contributed by atoms with Crippen molar-refractivity contribution in [1.82, 2.24) is 10.2 Å². The molecule has 0 atom stereocenters. The summed E-state index contributed by atoms with van der Waals surface area (Å²) in [6.45, 7) is 1.30. The molecule has 0 saturated heterocycles. The number of carbonyl (C=O) groups excluding carboxylic acids is 3. The van der Waals surface area contributed by atoms with E-state index in [1.165, 1.54) is 12.2 Å². The van der Waals surface area contributed by atoms with E-state index in [2.05, 4.69) is 5.32 Å². The summed E-state index contributed by atoms with van der Waals surface area (Å²) >= 11 is 0. The van der Waals surface area contributed by atoms with Gasteiger partial charge in [-0.2, -0.15) is 0 Å². The molecule has 1 heterocycles. The molecule has 0 unspecified atom stereocenters. The minimum absolute atomic E-state index is 0.242. The van der Waals surface area contributed by atoms with Gasteiger partial charge in [-0.3, -0.25) is 19.3 Å². The van der Waals surface area contributed by atoms with E-state index in [4.69, 9.17) is 4.74 Å². The molecule has 0 aromatic heterocycles. The van der Waals surface area contributed by atoms with Gasteiger partial charge in [-0.15, -0.1) is 0 Å². The standard InChI is InChI=1S/C9H12N2O4/c12-7-10-3-5-15-6-4-11-8(13)1-2-9(11)14/h1-2,7H,3-6H2,(H,10,12). The lowest BCUT2D eigenvalue weighted by atomic mass is 10.5. The third-order valence-electron chi connectivity index (χ3n) is 1.83. The quantitative estimate of drug-likeness (QED) is 0.322. The highest BCUT2D eigenvalue weighted by molar-refractivity contribution is 6.12. The molecule has 1 aliphatic rings. The number of amides is 3. The van der Waals surface area contributed by atoms with E-state index in [0.29, 0.717) is 19.6 Å². The van der Waals surface area contributed by atoms with Gasteiger partial charge in [0.25, 0.3) is 11.8 Å². The molecular formula is C9H12N2O4. The molecule has 0 aromatic rings. The van der Waals surface area contributed by atoms with Crippen LogP contribution in [0, 0.1) is 0 Å². The molecule has 15 heavy (non-hydrogen) atoms. The van der Waals surface area contributed by atoms with Crippen LogP contribution in [0.2, 0.25) is 0 Å². The third kappa shape index (κ3) is 3.51. The van der Waals surface area contributed by atoms with E-state index < -0.39 is 0 Å². The fraction of sp³-hybridized carbons (Fsp3) is 0.444. The third-order valence-corrected chi connectivity index (χ3v) is 1.83. The summed E-state index contributed by atoms with van der Waals surface area (Å²) in [6, 6.07) is 0. The van der Waals surface area contributed by atoms with Crippen LogP contribution in [0.1, 0.15) is 0 Å². The number of hydrogen-bond acceptors (Lipinski definition) is 4. The average Bonchev–Trinajstić information content (AvgIpc) is 2.54. The molecule has 0 aliphatic carbocycles. The van der Waals surface area contributed by atoms with Crippen LogP contribution in [0.15, 0.2) is 12.2 Å². The van der Waals surface area contributed by atoms with Crippen molar-refractivity contribution in [2.24, 2.45) is 0 Å². The molecule has 0 spiro atoms. The van der Waals surface area contributed by atoms with E-state index in [1.807, 2.05) is 0 Å². The average molecular weight is 212 g/mol. The first-order chi connectivity index (χ1) is 7.25. The van der Waals surface area contributed by atoms with Crippen molar-refractivity contribution in [1.29, 1.82) is 0 Å². The van der Waals surface area contributed by atoms with Crippen LogP contribution < -0.4 is 5.32 Å². The number of nitrogens with zero attached hydrogens (tertiary/aromatic N) is 1. The van der Waals surface area contributed by atoms with Gasteiger partial charge in [0.05, 0.1) is 19.8 Å². The molecule has 1 rings (SSSR count). The normalized spacial score (nSPS) is 14.8. The zero-order valence-electron chi connectivity index (χ0n) is 8.14. The van der Waals surface area contributed by atoms with Crippen LogP contribution in [0.3, 0.4) is 0 Å². The molecule has 6 heteroatoms. The second-order valence-corrected chi connectivity index (χ2v) is 2.85. The molecular weight excluding hydrogens is 200 g/mol. The first-order valence-electron chi connectivity index (χ1n) is 4.54. The Morgan fingerprint density at radius 3 is 2.53 bits per heavy atom. The van der Waals surface area contributed by atoms with Gasteiger partial charge in [-0.1, -0.05) is 0 Å². The fourth-order valence-electron chi connectivity index (χ4n) is 1.10. The minimum atomic E-state index is -0.311. The van der Waals surface area contributed by atoms with Gasteiger partial charge < -0.3 is 10.1 Å². The molecule has 0 aromatic carbocycles. The Kier molecular flexibility index (Phi) is 4.49. The second-order valence-electron chi connectivity index (χ2n) is 2.85. The number of imide groups is 1. The number of ether oxygens (including phenoxy) is 1. The first kappa shape index (κ1) is 11.4. The summed E-state index contributed by atoms with van der Waals surface area (Å²) in [6.07, 6.45) is 3.05. The Labute approximate surface area is 86.9 Å². The lowest BCUT2D eigenvalue weighted by Gasteiger charge is -2.13. The van der Waals surface area contributed by atoms with Crippen LogP contribution in [-0.4, -0.2) is 49.4 Å². The van der Waals surface area contributed by atoms with E-state index in [0.717, 1.165) is 4.90 Å². The summed E-state index contributed by atoms with van der Waals surface area (Å²) in [4.78, 5) is 33.1. The molecule has 3 amide bonds. The summed E-state index contributed by atoms with van der Waals surface area (Å²) in [5, 5.41) is 2.43. The molecule has 0 saturated carbocycles. The predicted octanol–water partition coefficient (Wildman–Crippen LogP) is -1.33. The van der Waals surface area contributed by atoms with Crippen molar-refractivity contribution in [3.05, 3.63) is 12.2 Å². The maximum Gasteiger partial charge on any atom is 0.253 e. The Bertz CT molecular complexity index is 270. The van der Waals surface area contributed by atoms with Gasteiger partial charge in [-0.05, 0) is 0 Å². The predicted molar refractivity (Wildman–Crippen MR) is 50.7 cm³/mol. The highest BCUT2D eigenvalue weighted by Gasteiger charge is 2.22. The zero-order chi connectivity index (χ0) is 11.1. The number of rotatable bonds is 7. The van der Waals surface area contributed by atoms with Crippen LogP contribution >= 0.6 is 0 Å². The minimum Gasteiger partial charge on any atom is -0.378 e. The highest BCUT2D eigenvalue weighted by atomic mass is 16.5. The van der Waals surface area contributed by atoms with Gasteiger partial charge in [0.1, 0.15) is 0 Å². The SMILES string of the molecule is O=CNCCOCCN1C(=O)C=CC1=O. The van der Waals surface area contributed by atoms with E-state index in [9.17, 15) is 14.4 Å². The Morgan fingerprint density at radius 2 is 1.93 bits per heavy atom. The maximum atomic E-state index is 11.1. The molecule has 0 fully saturated rings. The summed E-state index contributed by atoms with van der Waals surface area (Å²) in [7, 11) is 0. The monoisotopic (exact) mass is 212 g/mol. The van der Waals surface area contributed by atoms with Crippen molar-refractivity contribution in [3.8, 4) is 0 Å². The van der Waals surface area contributed by atoms with Crippen molar-refractivity contribution in [2.75, 3.05) is 26.3 Å². The summed E-state index contributed by atoms with van der Waals surface area (Å²) in [5.41, 5.74) is 0. The molecule has 0 bridgehead atoms. The van der Waals surface area contributed by atoms with Crippen molar-refractivity contribution in [2.45, 2.75) is 0 Å². The lowest BCUT2D eigenvalue weighted by Crippen LogP contribution is -2.33. The van der Waals surface area contributed by atoms with Gasteiger partial charge in [0, 0.05) is 18.7 Å². The van der Waals surface area contributed by atoms with Crippen molar-refractivity contribution < 1.29 is 19.1 Å². The molecule has 6 nitrogen and oxygen atoms in total. The zero-order valence-corrected chi connectivity index (χ0v) is 8.14. The molecule has 1 N–H and O–H groups in total. The molecule has 0 radical (unpaired) electrons. The number of nitrogens with one attached hydrogen (secondary N) is 1. The molecule has 1 aliphatic heterocycles. The Hall–Kier alpha value is -1.69. The van der Waals surface area contributed by atoms with Gasteiger partial charge >= 0.3 is 0 Å². The Balaban J connectivity index is 2.08. The van der Waals surface area contributed by atoms with Gasteiger partial charge in [0.2, 0.25) is 6.41 Å². The van der Waals surface area contributed by atoms with Crippen molar-refractivity contribution >= 4 is 18.2 Å². The van der Waals surface area contributed by atoms with Crippen LogP contribution in [0.5, 0.6) is 0 Å². The topological polar surface area (TPSA) is 75.7 Å². The van der Waals surface area contributed by atoms with Crippen LogP contribution in [0.25, 0.3) is 0 Å². The van der Waals surface area contributed by atoms with E-state index >= 15 is 0 Å². The van der Waals surface area contributed by atoms with E-state index in [1.54, 1.807) is 0 Å². The number of carbonyl (C=O) groups is 3. The summed E-state index contributed by atoms with van der Waals surface area (Å²) < 4.78 is 5.10. The van der Waals surface area contributed by atoms with Crippen LogP contribution in [-0.2, 0) is 19.1 Å². The second kappa shape index (κ2) is 5.92. The lowest BCUT2D eigenvalue weighted by molar-refractivity contribution is -0.137. The maximum absolute atomic E-state index is 11.1. The smallest absolute Gasteiger partial charge is 0.253 e. The van der Waals surface area contributed by atoms with Gasteiger partial charge in [0.15, 0.2) is 0 Å². The first-order valence-corrected chi connectivity index (χ1v) is 4.54. The number of hydrogen-bond donors (Lipinski definition) is 1. The van der Waals surface area contributed by atoms with Crippen LogP contribution in [0.4, 0.5) is 0 Å². The Morgan fingerprint density at radius 1 is 1.27 bits per heavy atom. The molecule has 82 valence electrons. The fourth-order valence-corrected chi connectivity index (χ4v) is 1.10. The van der Waals surface area contributed by atoms with Crippen molar-refractivity contribution in [3.63, 3.8) is 0 Å². The highest BCUT2D eigenvalue weighted by Crippen LogP contribution is 2.02. The van der Waals surface area contributed by atoms with E-state index in [-0.39, 0.29) is 25.0 Å². The summed E-state index contributed by atoms with van der Waals surface area (Å²) in [5.74, 6) is -0.621.